The van der Waals surface area contributed by atoms with Gasteiger partial charge in [0.15, 0.2) is 0 Å². The molecule has 1 heterocycles. The molecule has 0 unspecified atom stereocenters. The fraction of sp³-hybridized carbons (Fsp3) is 0.526. The highest BCUT2D eigenvalue weighted by Crippen LogP contribution is 2.20. The molecule has 3 heteroatoms. The van der Waals surface area contributed by atoms with Crippen LogP contribution in [0.25, 0.3) is 0 Å². The van der Waals surface area contributed by atoms with Crippen LogP contribution >= 0.6 is 0 Å². The summed E-state index contributed by atoms with van der Waals surface area (Å²) in [5, 5.41) is 0. The van der Waals surface area contributed by atoms with Gasteiger partial charge in [-0.3, -0.25) is 0 Å². The van der Waals surface area contributed by atoms with E-state index < -0.39 is 0 Å². The van der Waals surface area contributed by atoms with Gasteiger partial charge in [0.05, 0.1) is 19.1 Å². The maximum absolute atomic E-state index is 5.44. The third-order valence-electron chi connectivity index (χ3n) is 4.20. The molecule has 0 saturated carbocycles. The summed E-state index contributed by atoms with van der Waals surface area (Å²) < 4.78 is 7.78. The van der Waals surface area contributed by atoms with Crippen LogP contribution in [-0.4, -0.2) is 16.7 Å². The molecule has 0 aliphatic carbocycles. The topological polar surface area (TPSA) is 27.1 Å². The lowest BCUT2D eigenvalue weighted by molar-refractivity contribution is 0.408. The molecule has 0 aliphatic heterocycles. The van der Waals surface area contributed by atoms with Crippen LogP contribution in [0.3, 0.4) is 0 Å². The minimum atomic E-state index is 0.967. The smallest absolute Gasteiger partial charge is 0.122 e. The molecular weight excluding hydrogens is 272 g/mol. The van der Waals surface area contributed by atoms with Crippen molar-refractivity contribution in [1.82, 2.24) is 9.55 Å². The summed E-state index contributed by atoms with van der Waals surface area (Å²) in [6.45, 7) is 5.41. The maximum atomic E-state index is 5.44. The zero-order chi connectivity index (χ0) is 15.8. The van der Waals surface area contributed by atoms with Crippen molar-refractivity contribution in [2.45, 2.75) is 58.9 Å². The van der Waals surface area contributed by atoms with Gasteiger partial charge < -0.3 is 9.30 Å². The molecule has 2 rings (SSSR count). The number of unbranched alkanes of at least 4 members (excludes halogenated alkanes) is 2. The normalized spacial score (nSPS) is 10.9. The van der Waals surface area contributed by atoms with Gasteiger partial charge in [-0.15, -0.1) is 0 Å². The molecule has 22 heavy (non-hydrogen) atoms. The fourth-order valence-electron chi connectivity index (χ4n) is 2.92. The first kappa shape index (κ1) is 16.6. The number of hydrogen-bond acceptors (Lipinski definition) is 2. The Kier molecular flexibility index (Phi) is 6.50. The lowest BCUT2D eigenvalue weighted by Crippen LogP contribution is -2.07. The van der Waals surface area contributed by atoms with Gasteiger partial charge in [-0.1, -0.05) is 44.9 Å². The maximum Gasteiger partial charge on any atom is 0.122 e. The van der Waals surface area contributed by atoms with Crippen LogP contribution in [0.4, 0.5) is 0 Å². The van der Waals surface area contributed by atoms with Crippen LogP contribution < -0.4 is 4.74 Å². The van der Waals surface area contributed by atoms with Crippen molar-refractivity contribution >= 4 is 0 Å². The average Bonchev–Trinajstić information content (AvgIpc) is 2.95. The summed E-state index contributed by atoms with van der Waals surface area (Å²) in [5.41, 5.74) is 3.94. The number of ether oxygens (including phenoxy) is 1. The Balaban J connectivity index is 2.07. The molecule has 120 valence electrons. The van der Waals surface area contributed by atoms with Crippen molar-refractivity contribution in [3.05, 3.63) is 47.5 Å². The van der Waals surface area contributed by atoms with Crippen molar-refractivity contribution in [1.29, 1.82) is 0 Å². The van der Waals surface area contributed by atoms with Crippen LogP contribution in [0.2, 0.25) is 0 Å². The lowest BCUT2D eigenvalue weighted by Gasteiger charge is -2.12. The SMILES string of the molecule is CCCCCc1c(CC)ncn1CCc1ccccc1OC. The van der Waals surface area contributed by atoms with Gasteiger partial charge in [0.25, 0.3) is 0 Å². The van der Waals surface area contributed by atoms with E-state index in [1.807, 2.05) is 18.5 Å². The van der Waals surface area contributed by atoms with Crippen LogP contribution in [-0.2, 0) is 25.8 Å². The highest BCUT2D eigenvalue weighted by molar-refractivity contribution is 5.33. The number of rotatable bonds is 9. The molecular formula is C19H28N2O. The number of methoxy groups -OCH3 is 1. The predicted molar refractivity (Wildman–Crippen MR) is 91.5 cm³/mol. The van der Waals surface area contributed by atoms with E-state index in [4.69, 9.17) is 4.74 Å². The largest absolute Gasteiger partial charge is 0.496 e. The summed E-state index contributed by atoms with van der Waals surface area (Å²) in [6, 6.07) is 8.27. The Morgan fingerprint density at radius 2 is 1.91 bits per heavy atom. The van der Waals surface area contributed by atoms with Crippen molar-refractivity contribution in [2.75, 3.05) is 7.11 Å². The Labute approximate surface area is 134 Å². The Morgan fingerprint density at radius 3 is 2.64 bits per heavy atom. The van der Waals surface area contributed by atoms with Gasteiger partial charge in [-0.2, -0.15) is 0 Å². The van der Waals surface area contributed by atoms with Gasteiger partial charge >= 0.3 is 0 Å². The van der Waals surface area contributed by atoms with E-state index in [2.05, 4.69) is 35.5 Å². The van der Waals surface area contributed by atoms with Crippen LogP contribution in [0.1, 0.15) is 50.1 Å². The number of aryl methyl sites for hydroxylation is 3. The molecule has 0 aliphatic rings. The third-order valence-corrected chi connectivity index (χ3v) is 4.20. The molecule has 0 bridgehead atoms. The number of imidazole rings is 1. The second-order valence-corrected chi connectivity index (χ2v) is 5.70. The molecule has 0 spiro atoms. The zero-order valence-electron chi connectivity index (χ0n) is 14.1. The molecule has 1 aromatic heterocycles. The molecule has 0 atom stereocenters. The minimum Gasteiger partial charge on any atom is -0.496 e. The van der Waals surface area contributed by atoms with E-state index >= 15 is 0 Å². The first-order valence-electron chi connectivity index (χ1n) is 8.44. The van der Waals surface area contributed by atoms with Crippen LogP contribution in [0.15, 0.2) is 30.6 Å². The Morgan fingerprint density at radius 1 is 1.09 bits per heavy atom. The Hall–Kier alpha value is -1.77. The number of hydrogen-bond donors (Lipinski definition) is 0. The average molecular weight is 300 g/mol. The second kappa shape index (κ2) is 8.62. The molecule has 2 aromatic rings. The van der Waals surface area contributed by atoms with E-state index in [9.17, 15) is 0 Å². The van der Waals surface area contributed by atoms with E-state index in [-0.39, 0.29) is 0 Å². The van der Waals surface area contributed by atoms with Gasteiger partial charge in [0, 0.05) is 12.2 Å². The molecule has 0 saturated heterocycles. The molecule has 0 amide bonds. The highest BCUT2D eigenvalue weighted by Gasteiger charge is 2.10. The molecule has 1 aromatic carbocycles. The summed E-state index contributed by atoms with van der Waals surface area (Å²) in [7, 11) is 1.74. The van der Waals surface area contributed by atoms with Crippen molar-refractivity contribution < 1.29 is 4.74 Å². The second-order valence-electron chi connectivity index (χ2n) is 5.70. The van der Waals surface area contributed by atoms with E-state index in [0.717, 1.165) is 31.6 Å². The van der Waals surface area contributed by atoms with Gasteiger partial charge in [-0.05, 0) is 37.3 Å². The zero-order valence-corrected chi connectivity index (χ0v) is 14.1. The monoisotopic (exact) mass is 300 g/mol. The first-order valence-corrected chi connectivity index (χ1v) is 8.44. The molecule has 3 nitrogen and oxygen atoms in total. The van der Waals surface area contributed by atoms with Gasteiger partial charge in [-0.25, -0.2) is 4.98 Å². The molecule has 0 radical (unpaired) electrons. The number of para-hydroxylation sites is 1. The molecule has 0 N–H and O–H groups in total. The van der Waals surface area contributed by atoms with Crippen molar-refractivity contribution in [3.8, 4) is 5.75 Å². The van der Waals surface area contributed by atoms with E-state index in [0.29, 0.717) is 0 Å². The number of nitrogens with zero attached hydrogens (tertiary/aromatic N) is 2. The van der Waals surface area contributed by atoms with Crippen LogP contribution in [0, 0.1) is 0 Å². The standard InChI is InChI=1S/C19H28N2O/c1-4-6-7-11-18-17(5-2)20-15-21(18)14-13-16-10-8-9-12-19(16)22-3/h8-10,12,15H,4-7,11,13-14H2,1-3H3. The highest BCUT2D eigenvalue weighted by atomic mass is 16.5. The fourth-order valence-corrected chi connectivity index (χ4v) is 2.92. The van der Waals surface area contributed by atoms with E-state index in [1.165, 1.54) is 36.2 Å². The van der Waals surface area contributed by atoms with E-state index in [1.54, 1.807) is 7.11 Å². The predicted octanol–water partition coefficient (Wildman–Crippen LogP) is 4.43. The Bertz CT molecular complexity index is 575. The van der Waals surface area contributed by atoms with Crippen molar-refractivity contribution in [3.63, 3.8) is 0 Å². The summed E-state index contributed by atoms with van der Waals surface area (Å²) in [6.07, 6.45) is 8.95. The summed E-state index contributed by atoms with van der Waals surface area (Å²) in [5.74, 6) is 0.978. The van der Waals surface area contributed by atoms with Crippen LogP contribution in [0.5, 0.6) is 5.75 Å². The van der Waals surface area contributed by atoms with Gasteiger partial charge in [0.2, 0.25) is 0 Å². The first-order chi connectivity index (χ1) is 10.8. The lowest BCUT2D eigenvalue weighted by atomic mass is 10.1. The number of aromatic nitrogens is 2. The third kappa shape index (κ3) is 4.12. The quantitative estimate of drug-likeness (QED) is 0.641. The minimum absolute atomic E-state index is 0.967. The number of benzene rings is 1. The van der Waals surface area contributed by atoms with Gasteiger partial charge in [0.1, 0.15) is 5.75 Å². The van der Waals surface area contributed by atoms with Crippen molar-refractivity contribution in [2.24, 2.45) is 0 Å². The summed E-state index contributed by atoms with van der Waals surface area (Å²) >= 11 is 0. The molecule has 0 fully saturated rings. The summed E-state index contributed by atoms with van der Waals surface area (Å²) in [4.78, 5) is 4.60.